The molecule has 4 saturated carbocycles. The standard InChI is InChI=1S/C19H26N2O/c1-17-6-15-7-18(2,11-17)13-19(8-15,12-17)16(22)21-10-14-4-3-5-20-9-14/h3-5,9,15H,6-8,10-13H2,1-2H3,(H,21,22)/t15?,17-,18-,19?/m1/s1. The van der Waals surface area contributed by atoms with Crippen molar-refractivity contribution in [2.75, 3.05) is 0 Å². The maximum Gasteiger partial charge on any atom is 0.226 e. The molecule has 1 aromatic heterocycles. The predicted molar refractivity (Wildman–Crippen MR) is 85.9 cm³/mol. The molecule has 4 bridgehead atoms. The number of nitrogens with zero attached hydrogens (tertiary/aromatic N) is 1. The molecule has 0 spiro atoms. The van der Waals surface area contributed by atoms with Crippen LogP contribution in [0.2, 0.25) is 0 Å². The first-order chi connectivity index (χ1) is 10.4. The van der Waals surface area contributed by atoms with Crippen molar-refractivity contribution in [2.45, 2.75) is 58.9 Å². The zero-order chi connectivity index (χ0) is 15.4. The van der Waals surface area contributed by atoms with E-state index in [2.05, 4.69) is 24.1 Å². The Morgan fingerprint density at radius 3 is 2.55 bits per heavy atom. The highest BCUT2D eigenvalue weighted by Gasteiger charge is 2.62. The first-order valence-electron chi connectivity index (χ1n) is 8.58. The van der Waals surface area contributed by atoms with Crippen molar-refractivity contribution < 1.29 is 4.79 Å². The monoisotopic (exact) mass is 298 g/mol. The summed E-state index contributed by atoms with van der Waals surface area (Å²) in [6.07, 6.45) is 10.9. The van der Waals surface area contributed by atoms with Crippen molar-refractivity contribution in [3.8, 4) is 0 Å². The van der Waals surface area contributed by atoms with Gasteiger partial charge >= 0.3 is 0 Å². The third-order valence-corrected chi connectivity index (χ3v) is 6.28. The highest BCUT2D eigenvalue weighted by Crippen LogP contribution is 2.69. The topological polar surface area (TPSA) is 42.0 Å². The Bertz CT molecular complexity index is 579. The van der Waals surface area contributed by atoms with Crippen LogP contribution in [0, 0.1) is 22.2 Å². The summed E-state index contributed by atoms with van der Waals surface area (Å²) >= 11 is 0. The molecular weight excluding hydrogens is 272 g/mol. The van der Waals surface area contributed by atoms with Gasteiger partial charge in [-0.2, -0.15) is 0 Å². The molecule has 0 aromatic carbocycles. The average Bonchev–Trinajstić information content (AvgIpc) is 2.42. The summed E-state index contributed by atoms with van der Waals surface area (Å²) in [5.74, 6) is 1.05. The maximum absolute atomic E-state index is 13.0. The van der Waals surface area contributed by atoms with Crippen molar-refractivity contribution in [3.63, 3.8) is 0 Å². The highest BCUT2D eigenvalue weighted by molar-refractivity contribution is 5.83. The van der Waals surface area contributed by atoms with E-state index in [0.717, 1.165) is 30.7 Å². The van der Waals surface area contributed by atoms with Crippen molar-refractivity contribution in [1.82, 2.24) is 10.3 Å². The molecule has 2 atom stereocenters. The quantitative estimate of drug-likeness (QED) is 0.924. The predicted octanol–water partition coefficient (Wildman–Crippen LogP) is 3.69. The van der Waals surface area contributed by atoms with Crippen LogP contribution in [0.4, 0.5) is 0 Å². The molecule has 5 rings (SSSR count). The summed E-state index contributed by atoms with van der Waals surface area (Å²) in [4.78, 5) is 17.1. The SMILES string of the molecule is C[C@]12CC3CC(C(=O)NCc4cccnc4)(C1)C[C@](C)(C3)C2. The Morgan fingerprint density at radius 2 is 1.95 bits per heavy atom. The number of nitrogens with one attached hydrogen (secondary N) is 1. The van der Waals surface area contributed by atoms with Gasteiger partial charge in [-0.15, -0.1) is 0 Å². The Hall–Kier alpha value is -1.38. The van der Waals surface area contributed by atoms with E-state index < -0.39 is 0 Å². The summed E-state index contributed by atoms with van der Waals surface area (Å²) < 4.78 is 0. The minimum absolute atomic E-state index is 0.106. The lowest BCUT2D eigenvalue weighted by Gasteiger charge is -2.64. The van der Waals surface area contributed by atoms with Crippen molar-refractivity contribution >= 4 is 5.91 Å². The molecule has 1 amide bonds. The minimum Gasteiger partial charge on any atom is -0.351 e. The van der Waals surface area contributed by atoms with E-state index in [0.29, 0.717) is 17.4 Å². The highest BCUT2D eigenvalue weighted by atomic mass is 16.2. The van der Waals surface area contributed by atoms with Crippen LogP contribution < -0.4 is 5.32 Å². The number of pyridine rings is 1. The largest absolute Gasteiger partial charge is 0.351 e. The van der Waals surface area contributed by atoms with E-state index in [-0.39, 0.29) is 11.3 Å². The van der Waals surface area contributed by atoms with Gasteiger partial charge in [-0.25, -0.2) is 0 Å². The van der Waals surface area contributed by atoms with E-state index in [4.69, 9.17) is 0 Å². The second kappa shape index (κ2) is 4.56. The van der Waals surface area contributed by atoms with Crippen LogP contribution in [0.3, 0.4) is 0 Å². The lowest BCUT2D eigenvalue weighted by molar-refractivity contribution is -0.170. The fraction of sp³-hybridized carbons (Fsp3) is 0.684. The summed E-state index contributed by atoms with van der Waals surface area (Å²) in [7, 11) is 0. The summed E-state index contributed by atoms with van der Waals surface area (Å²) in [6, 6.07) is 3.95. The molecule has 4 aliphatic carbocycles. The van der Waals surface area contributed by atoms with Gasteiger partial charge < -0.3 is 5.32 Å². The van der Waals surface area contributed by atoms with E-state index in [1.54, 1.807) is 6.20 Å². The average molecular weight is 298 g/mol. The lowest BCUT2D eigenvalue weighted by Crippen LogP contribution is -2.59. The van der Waals surface area contributed by atoms with Crippen molar-refractivity contribution in [1.29, 1.82) is 0 Å². The fourth-order valence-corrected chi connectivity index (χ4v) is 6.57. The molecule has 1 aromatic rings. The van der Waals surface area contributed by atoms with Crippen LogP contribution in [0.15, 0.2) is 24.5 Å². The molecule has 0 unspecified atom stereocenters. The van der Waals surface area contributed by atoms with Gasteiger partial charge in [0.2, 0.25) is 5.91 Å². The Balaban J connectivity index is 1.53. The Labute approximate surface area is 132 Å². The first-order valence-corrected chi connectivity index (χ1v) is 8.58. The summed E-state index contributed by atoms with van der Waals surface area (Å²) in [5.41, 5.74) is 1.75. The van der Waals surface area contributed by atoms with Gasteiger partial charge in [0.05, 0.1) is 5.41 Å². The fourth-order valence-electron chi connectivity index (χ4n) is 6.57. The van der Waals surface area contributed by atoms with Crippen LogP contribution in [-0.4, -0.2) is 10.9 Å². The first kappa shape index (κ1) is 14.2. The summed E-state index contributed by atoms with van der Waals surface area (Å²) in [6.45, 7) is 5.43. The van der Waals surface area contributed by atoms with Crippen LogP contribution in [0.1, 0.15) is 57.9 Å². The van der Waals surface area contributed by atoms with Crippen LogP contribution >= 0.6 is 0 Å². The number of carbonyl (C=O) groups excluding carboxylic acids is 1. The van der Waals surface area contributed by atoms with Gasteiger partial charge in [0.15, 0.2) is 0 Å². The van der Waals surface area contributed by atoms with E-state index >= 15 is 0 Å². The number of aromatic nitrogens is 1. The van der Waals surface area contributed by atoms with Gasteiger partial charge in [-0.3, -0.25) is 9.78 Å². The third kappa shape index (κ3) is 2.26. The molecule has 4 fully saturated rings. The van der Waals surface area contributed by atoms with Crippen LogP contribution in [0.5, 0.6) is 0 Å². The van der Waals surface area contributed by atoms with E-state index in [1.165, 1.54) is 19.3 Å². The molecule has 1 N–H and O–H groups in total. The smallest absolute Gasteiger partial charge is 0.226 e. The molecule has 3 heteroatoms. The van der Waals surface area contributed by atoms with Crippen molar-refractivity contribution in [2.24, 2.45) is 22.2 Å². The molecular formula is C19H26N2O. The number of rotatable bonds is 3. The Morgan fingerprint density at radius 1 is 1.23 bits per heavy atom. The summed E-state index contributed by atoms with van der Waals surface area (Å²) in [5, 5.41) is 3.21. The van der Waals surface area contributed by atoms with E-state index in [1.807, 2.05) is 18.3 Å². The molecule has 3 nitrogen and oxygen atoms in total. The number of amides is 1. The van der Waals surface area contributed by atoms with Gasteiger partial charge in [-0.05, 0) is 66.9 Å². The Kier molecular flexibility index (Phi) is 2.95. The van der Waals surface area contributed by atoms with Gasteiger partial charge in [0, 0.05) is 18.9 Å². The third-order valence-electron chi connectivity index (χ3n) is 6.28. The normalized spacial score (nSPS) is 42.4. The lowest BCUT2D eigenvalue weighted by atomic mass is 9.40. The molecule has 0 aliphatic heterocycles. The second-order valence-electron chi connectivity index (χ2n) is 8.95. The van der Waals surface area contributed by atoms with Crippen molar-refractivity contribution in [3.05, 3.63) is 30.1 Å². The number of carbonyl (C=O) groups is 1. The van der Waals surface area contributed by atoms with Gasteiger partial charge in [-0.1, -0.05) is 19.9 Å². The molecule has 0 radical (unpaired) electrons. The molecule has 4 aliphatic rings. The number of hydrogen-bond donors (Lipinski definition) is 1. The molecule has 22 heavy (non-hydrogen) atoms. The van der Waals surface area contributed by atoms with Crippen LogP contribution in [0.25, 0.3) is 0 Å². The zero-order valence-corrected chi connectivity index (χ0v) is 13.7. The van der Waals surface area contributed by atoms with Gasteiger partial charge in [0.1, 0.15) is 0 Å². The number of hydrogen-bond acceptors (Lipinski definition) is 2. The second-order valence-corrected chi connectivity index (χ2v) is 8.95. The maximum atomic E-state index is 13.0. The zero-order valence-electron chi connectivity index (χ0n) is 13.7. The van der Waals surface area contributed by atoms with Gasteiger partial charge in [0.25, 0.3) is 0 Å². The van der Waals surface area contributed by atoms with Crippen LogP contribution in [-0.2, 0) is 11.3 Å². The molecule has 1 heterocycles. The minimum atomic E-state index is -0.106. The molecule has 118 valence electrons. The van der Waals surface area contributed by atoms with E-state index in [9.17, 15) is 4.79 Å². The molecule has 0 saturated heterocycles.